The van der Waals surface area contributed by atoms with Crippen molar-refractivity contribution in [3.63, 3.8) is 0 Å². The summed E-state index contributed by atoms with van der Waals surface area (Å²) in [5.41, 5.74) is 1.40. The lowest BCUT2D eigenvalue weighted by Crippen LogP contribution is -2.42. The molecule has 0 aliphatic carbocycles. The average molecular weight is 274 g/mol. The third-order valence-corrected chi connectivity index (χ3v) is 3.55. The van der Waals surface area contributed by atoms with Crippen molar-refractivity contribution in [2.75, 3.05) is 13.2 Å². The number of ether oxygens (including phenoxy) is 1. The Morgan fingerprint density at radius 2 is 2.15 bits per heavy atom. The van der Waals surface area contributed by atoms with E-state index < -0.39 is 17.9 Å². The topological polar surface area (TPSA) is 91.4 Å². The van der Waals surface area contributed by atoms with Gasteiger partial charge in [0.25, 0.3) is 5.91 Å². The van der Waals surface area contributed by atoms with Gasteiger partial charge >= 0.3 is 5.97 Å². The maximum Gasteiger partial charge on any atom is 0.311 e. The number of carboxylic acid groups (broad SMARTS) is 1. The van der Waals surface area contributed by atoms with Crippen molar-refractivity contribution in [1.29, 1.82) is 0 Å². The summed E-state index contributed by atoms with van der Waals surface area (Å²) in [4.78, 5) is 26.4. The highest BCUT2D eigenvalue weighted by molar-refractivity contribution is 6.06. The van der Waals surface area contributed by atoms with Crippen molar-refractivity contribution in [1.82, 2.24) is 10.3 Å². The molecular weight excluding hydrogens is 260 g/mol. The van der Waals surface area contributed by atoms with E-state index in [1.807, 2.05) is 12.1 Å². The van der Waals surface area contributed by atoms with E-state index in [1.165, 1.54) is 0 Å². The zero-order valence-corrected chi connectivity index (χ0v) is 10.6. The van der Waals surface area contributed by atoms with Gasteiger partial charge in [0.15, 0.2) is 0 Å². The first-order chi connectivity index (χ1) is 9.66. The summed E-state index contributed by atoms with van der Waals surface area (Å²) >= 11 is 0. The molecule has 1 amide bonds. The Balaban J connectivity index is 1.83. The third kappa shape index (κ3) is 2.14. The van der Waals surface area contributed by atoms with Gasteiger partial charge in [0, 0.05) is 22.7 Å². The largest absolute Gasteiger partial charge is 0.481 e. The van der Waals surface area contributed by atoms with Gasteiger partial charge in [-0.2, -0.15) is 0 Å². The lowest BCUT2D eigenvalue weighted by Gasteiger charge is -2.16. The minimum absolute atomic E-state index is 0.134. The van der Waals surface area contributed by atoms with Gasteiger partial charge in [-0.25, -0.2) is 0 Å². The Morgan fingerprint density at radius 1 is 1.30 bits per heavy atom. The molecule has 104 valence electrons. The monoisotopic (exact) mass is 274 g/mol. The molecule has 1 fully saturated rings. The SMILES string of the molecule is O=C(NC1COCC1C(=O)O)c1cccc2[nH]ccc12. The first-order valence-electron chi connectivity index (χ1n) is 6.34. The van der Waals surface area contributed by atoms with Crippen molar-refractivity contribution in [3.05, 3.63) is 36.0 Å². The van der Waals surface area contributed by atoms with Crippen molar-refractivity contribution in [2.24, 2.45) is 5.92 Å². The lowest BCUT2D eigenvalue weighted by atomic mass is 10.0. The lowest BCUT2D eigenvalue weighted by molar-refractivity contribution is -0.142. The normalized spacial score (nSPS) is 22.0. The maximum absolute atomic E-state index is 12.3. The van der Waals surface area contributed by atoms with Gasteiger partial charge in [-0.1, -0.05) is 6.07 Å². The molecule has 2 unspecified atom stereocenters. The molecule has 0 saturated carbocycles. The van der Waals surface area contributed by atoms with E-state index in [0.717, 1.165) is 10.9 Å². The van der Waals surface area contributed by atoms with Gasteiger partial charge in [0.05, 0.1) is 19.3 Å². The van der Waals surface area contributed by atoms with Crippen LogP contribution in [0.3, 0.4) is 0 Å². The van der Waals surface area contributed by atoms with Crippen LogP contribution in [0.4, 0.5) is 0 Å². The molecule has 2 heterocycles. The number of carbonyl (C=O) groups is 2. The average Bonchev–Trinajstić information content (AvgIpc) is 3.05. The minimum Gasteiger partial charge on any atom is -0.481 e. The Kier molecular flexibility index (Phi) is 3.15. The molecule has 0 spiro atoms. The number of H-pyrrole nitrogens is 1. The van der Waals surface area contributed by atoms with Crippen LogP contribution in [0, 0.1) is 5.92 Å². The summed E-state index contributed by atoms with van der Waals surface area (Å²) in [5.74, 6) is -1.92. The van der Waals surface area contributed by atoms with Crippen LogP contribution in [0.15, 0.2) is 30.5 Å². The van der Waals surface area contributed by atoms with Crippen molar-refractivity contribution in [2.45, 2.75) is 6.04 Å². The maximum atomic E-state index is 12.3. The van der Waals surface area contributed by atoms with E-state index in [-0.39, 0.29) is 19.1 Å². The molecule has 0 radical (unpaired) electrons. The zero-order chi connectivity index (χ0) is 14.1. The molecule has 20 heavy (non-hydrogen) atoms. The summed E-state index contributed by atoms with van der Waals surface area (Å²) in [7, 11) is 0. The van der Waals surface area contributed by atoms with Gasteiger partial charge in [-0.05, 0) is 18.2 Å². The standard InChI is InChI=1S/C14H14N2O4/c17-13(16-12-7-20-6-10(12)14(18)19)9-2-1-3-11-8(9)4-5-15-11/h1-5,10,12,15H,6-7H2,(H,16,17)(H,18,19). The van der Waals surface area contributed by atoms with Crippen LogP contribution < -0.4 is 5.32 Å². The number of aromatic amines is 1. The van der Waals surface area contributed by atoms with Gasteiger partial charge in [0.2, 0.25) is 0 Å². The Morgan fingerprint density at radius 3 is 2.95 bits per heavy atom. The fourth-order valence-corrected chi connectivity index (χ4v) is 2.47. The van der Waals surface area contributed by atoms with Crippen molar-refractivity contribution in [3.8, 4) is 0 Å². The van der Waals surface area contributed by atoms with E-state index in [9.17, 15) is 9.59 Å². The highest BCUT2D eigenvalue weighted by Gasteiger charge is 2.35. The molecule has 2 atom stereocenters. The molecule has 0 bridgehead atoms. The van der Waals surface area contributed by atoms with Crippen molar-refractivity contribution < 1.29 is 19.4 Å². The zero-order valence-electron chi connectivity index (χ0n) is 10.6. The number of nitrogens with one attached hydrogen (secondary N) is 2. The summed E-state index contributed by atoms with van der Waals surface area (Å²) in [6.45, 7) is 0.362. The highest BCUT2D eigenvalue weighted by Crippen LogP contribution is 2.19. The molecular formula is C14H14N2O4. The molecule has 3 N–H and O–H groups in total. The molecule has 3 rings (SSSR count). The van der Waals surface area contributed by atoms with Gasteiger partial charge in [-0.15, -0.1) is 0 Å². The van der Waals surface area contributed by atoms with Gasteiger partial charge < -0.3 is 20.1 Å². The van der Waals surface area contributed by atoms with Gasteiger partial charge in [0.1, 0.15) is 5.92 Å². The second-order valence-electron chi connectivity index (χ2n) is 4.81. The molecule has 1 aromatic carbocycles. The number of benzene rings is 1. The number of aromatic nitrogens is 1. The van der Waals surface area contributed by atoms with Crippen molar-refractivity contribution >= 4 is 22.8 Å². The molecule has 1 aliphatic heterocycles. The van der Waals surface area contributed by atoms with Gasteiger partial charge in [-0.3, -0.25) is 9.59 Å². The number of rotatable bonds is 3. The number of aliphatic carboxylic acids is 1. The Bertz CT molecular complexity index is 664. The second kappa shape index (κ2) is 4.97. The summed E-state index contributed by atoms with van der Waals surface area (Å²) in [5, 5.41) is 12.6. The number of hydrogen-bond acceptors (Lipinski definition) is 3. The number of carboxylic acids is 1. The Hall–Kier alpha value is -2.34. The van der Waals surface area contributed by atoms with E-state index in [0.29, 0.717) is 5.56 Å². The highest BCUT2D eigenvalue weighted by atomic mass is 16.5. The predicted octanol–water partition coefficient (Wildman–Crippen LogP) is 0.997. The molecule has 6 nitrogen and oxygen atoms in total. The third-order valence-electron chi connectivity index (χ3n) is 3.55. The number of fused-ring (bicyclic) bond motifs is 1. The smallest absolute Gasteiger partial charge is 0.311 e. The Labute approximate surface area is 114 Å². The van der Waals surface area contributed by atoms with Crippen LogP contribution in [-0.4, -0.2) is 41.2 Å². The predicted molar refractivity (Wildman–Crippen MR) is 71.5 cm³/mol. The van der Waals surface area contributed by atoms with E-state index in [4.69, 9.17) is 9.84 Å². The van der Waals surface area contributed by atoms with Crippen LogP contribution >= 0.6 is 0 Å². The number of hydrogen-bond donors (Lipinski definition) is 3. The molecule has 6 heteroatoms. The van der Waals surface area contributed by atoms with E-state index >= 15 is 0 Å². The first kappa shape index (κ1) is 12.7. The summed E-state index contributed by atoms with van der Waals surface area (Å²) < 4.78 is 5.14. The fraction of sp³-hybridized carbons (Fsp3) is 0.286. The fourth-order valence-electron chi connectivity index (χ4n) is 2.47. The molecule has 2 aromatic rings. The van der Waals surface area contributed by atoms with E-state index in [2.05, 4.69) is 10.3 Å². The van der Waals surface area contributed by atoms with Crippen LogP contribution in [0.25, 0.3) is 10.9 Å². The van der Waals surface area contributed by atoms with Crippen LogP contribution in [0.5, 0.6) is 0 Å². The molecule has 1 aliphatic rings. The van der Waals surface area contributed by atoms with Crippen LogP contribution in [-0.2, 0) is 9.53 Å². The number of carbonyl (C=O) groups excluding carboxylic acids is 1. The summed E-state index contributed by atoms with van der Waals surface area (Å²) in [6, 6.07) is 6.72. The quantitative estimate of drug-likeness (QED) is 0.778. The molecule has 1 saturated heterocycles. The summed E-state index contributed by atoms with van der Waals surface area (Å²) in [6.07, 6.45) is 1.76. The second-order valence-corrected chi connectivity index (χ2v) is 4.81. The molecule has 1 aromatic heterocycles. The minimum atomic E-state index is -0.951. The first-order valence-corrected chi connectivity index (χ1v) is 6.34. The number of amides is 1. The van der Waals surface area contributed by atoms with E-state index in [1.54, 1.807) is 18.3 Å². The van der Waals surface area contributed by atoms with Crippen LogP contribution in [0.1, 0.15) is 10.4 Å². The van der Waals surface area contributed by atoms with Crippen LogP contribution in [0.2, 0.25) is 0 Å².